The van der Waals surface area contributed by atoms with Gasteiger partial charge in [-0.05, 0) is 24.3 Å². The number of fused-ring (bicyclic) bond motifs is 2. The average Bonchev–Trinajstić information content (AvgIpc) is 3.22. The lowest BCUT2D eigenvalue weighted by atomic mass is 10.0. The Hall–Kier alpha value is -3.66. The summed E-state index contributed by atoms with van der Waals surface area (Å²) in [6, 6.07) is 22.5. The number of para-hydroxylation sites is 2. The lowest BCUT2D eigenvalue weighted by Gasteiger charge is -2.06. The summed E-state index contributed by atoms with van der Waals surface area (Å²) in [4.78, 5) is 12.5. The number of anilines is 1. The first-order chi connectivity index (χ1) is 13.7. The predicted molar refractivity (Wildman–Crippen MR) is 110 cm³/mol. The van der Waals surface area contributed by atoms with Crippen LogP contribution in [0.1, 0.15) is 16.7 Å². The number of carbonyl (C=O) groups is 1. The molecule has 136 valence electrons. The Morgan fingerprint density at radius 3 is 2.57 bits per heavy atom. The second kappa shape index (κ2) is 6.50. The first kappa shape index (κ1) is 16.5. The van der Waals surface area contributed by atoms with E-state index in [0.717, 1.165) is 27.7 Å². The molecular weight excluding hydrogens is 351 g/mol. The molecule has 3 nitrogen and oxygen atoms in total. The fourth-order valence-electron chi connectivity index (χ4n) is 3.77. The Kier molecular flexibility index (Phi) is 3.83. The quantitative estimate of drug-likeness (QED) is 0.488. The fourth-order valence-corrected chi connectivity index (χ4v) is 3.77. The maximum Gasteiger partial charge on any atom is 0.256 e. The monoisotopic (exact) mass is 368 g/mol. The van der Waals surface area contributed by atoms with E-state index in [9.17, 15) is 9.18 Å². The Balaban J connectivity index is 1.64. The molecule has 1 N–H and O–H groups in total. The summed E-state index contributed by atoms with van der Waals surface area (Å²) in [6.45, 7) is 0.430. The van der Waals surface area contributed by atoms with E-state index in [0.29, 0.717) is 17.7 Å². The van der Waals surface area contributed by atoms with E-state index in [1.807, 2.05) is 71.4 Å². The van der Waals surface area contributed by atoms with E-state index in [-0.39, 0.29) is 11.7 Å². The van der Waals surface area contributed by atoms with Gasteiger partial charge in [0.2, 0.25) is 0 Å². The zero-order valence-corrected chi connectivity index (χ0v) is 15.0. The highest BCUT2D eigenvalue weighted by Gasteiger charge is 2.24. The van der Waals surface area contributed by atoms with Gasteiger partial charge >= 0.3 is 0 Å². The highest BCUT2D eigenvalue weighted by molar-refractivity contribution is 6.35. The predicted octanol–water partition coefficient (Wildman–Crippen LogP) is 5.32. The molecule has 0 radical (unpaired) electrons. The van der Waals surface area contributed by atoms with Crippen molar-refractivity contribution in [1.82, 2.24) is 4.57 Å². The van der Waals surface area contributed by atoms with Gasteiger partial charge in [-0.1, -0.05) is 54.6 Å². The normalized spacial score (nSPS) is 14.5. The van der Waals surface area contributed by atoms with Crippen molar-refractivity contribution in [2.24, 2.45) is 0 Å². The molecule has 0 atom stereocenters. The number of rotatable bonds is 3. The molecule has 0 fully saturated rings. The molecule has 0 saturated heterocycles. The first-order valence-electron chi connectivity index (χ1n) is 9.14. The molecule has 4 heteroatoms. The summed E-state index contributed by atoms with van der Waals surface area (Å²) in [6.07, 6.45) is 3.90. The molecule has 0 bridgehead atoms. The number of carbonyl (C=O) groups excluding carboxylic acids is 1. The number of nitrogens with one attached hydrogen (secondary N) is 1. The molecule has 5 rings (SSSR count). The number of benzene rings is 3. The van der Waals surface area contributed by atoms with Crippen molar-refractivity contribution in [2.45, 2.75) is 6.54 Å². The van der Waals surface area contributed by atoms with Gasteiger partial charge in [0.15, 0.2) is 0 Å². The second-order valence-electron chi connectivity index (χ2n) is 6.88. The molecule has 1 aliphatic rings. The van der Waals surface area contributed by atoms with Gasteiger partial charge in [0, 0.05) is 45.1 Å². The van der Waals surface area contributed by atoms with Gasteiger partial charge in [-0.3, -0.25) is 4.79 Å². The zero-order valence-electron chi connectivity index (χ0n) is 15.0. The van der Waals surface area contributed by atoms with Crippen molar-refractivity contribution in [3.8, 4) is 0 Å². The van der Waals surface area contributed by atoms with Gasteiger partial charge in [-0.25, -0.2) is 4.39 Å². The summed E-state index contributed by atoms with van der Waals surface area (Å²) in [7, 11) is 0. The molecule has 0 spiro atoms. The van der Waals surface area contributed by atoms with Crippen molar-refractivity contribution in [2.75, 3.05) is 5.32 Å². The molecule has 3 aromatic carbocycles. The maximum absolute atomic E-state index is 14.1. The largest absolute Gasteiger partial charge is 0.342 e. The van der Waals surface area contributed by atoms with Crippen LogP contribution in [0.4, 0.5) is 10.1 Å². The number of aromatic nitrogens is 1. The van der Waals surface area contributed by atoms with Crippen LogP contribution in [0, 0.1) is 5.82 Å². The Morgan fingerprint density at radius 1 is 0.929 bits per heavy atom. The van der Waals surface area contributed by atoms with Crippen LogP contribution in [0.25, 0.3) is 22.6 Å². The minimum absolute atomic E-state index is 0.105. The van der Waals surface area contributed by atoms with E-state index < -0.39 is 0 Å². The van der Waals surface area contributed by atoms with Gasteiger partial charge in [-0.15, -0.1) is 0 Å². The summed E-state index contributed by atoms with van der Waals surface area (Å²) in [5.41, 5.74) is 4.95. The molecule has 1 aliphatic heterocycles. The fraction of sp³-hybridized carbons (Fsp3) is 0.0417. The van der Waals surface area contributed by atoms with E-state index >= 15 is 0 Å². The van der Waals surface area contributed by atoms with Crippen molar-refractivity contribution < 1.29 is 9.18 Å². The molecule has 0 aliphatic carbocycles. The topological polar surface area (TPSA) is 34.0 Å². The molecule has 0 unspecified atom stereocenters. The van der Waals surface area contributed by atoms with Gasteiger partial charge in [0.05, 0.1) is 6.54 Å². The highest BCUT2D eigenvalue weighted by Crippen LogP contribution is 2.34. The van der Waals surface area contributed by atoms with Crippen LogP contribution >= 0.6 is 0 Å². The second-order valence-corrected chi connectivity index (χ2v) is 6.88. The van der Waals surface area contributed by atoms with Crippen LogP contribution in [0.3, 0.4) is 0 Å². The lowest BCUT2D eigenvalue weighted by molar-refractivity contribution is -0.110. The SMILES string of the molecule is O=C1Nc2ccccc2/C1=C\c1cn(Cc2ccccc2F)c2ccccc12. The molecule has 2 heterocycles. The van der Waals surface area contributed by atoms with E-state index in [1.165, 1.54) is 6.07 Å². The van der Waals surface area contributed by atoms with Crippen molar-refractivity contribution in [1.29, 1.82) is 0 Å². The smallest absolute Gasteiger partial charge is 0.256 e. The van der Waals surface area contributed by atoms with E-state index in [4.69, 9.17) is 0 Å². The summed E-state index contributed by atoms with van der Waals surface area (Å²) in [5, 5.41) is 3.94. The van der Waals surface area contributed by atoms with Crippen molar-refractivity contribution in [3.05, 3.63) is 102 Å². The minimum Gasteiger partial charge on any atom is -0.342 e. The summed E-state index contributed by atoms with van der Waals surface area (Å²) < 4.78 is 16.2. The number of hydrogen-bond acceptors (Lipinski definition) is 1. The van der Waals surface area contributed by atoms with E-state index in [2.05, 4.69) is 5.32 Å². The molecule has 1 aromatic heterocycles. The van der Waals surface area contributed by atoms with Crippen LogP contribution in [-0.4, -0.2) is 10.5 Å². The van der Waals surface area contributed by atoms with Crippen molar-refractivity contribution in [3.63, 3.8) is 0 Å². The molecular formula is C24H17FN2O. The number of amides is 1. The third kappa shape index (κ3) is 2.70. The van der Waals surface area contributed by atoms with Gasteiger partial charge < -0.3 is 9.88 Å². The van der Waals surface area contributed by atoms with Gasteiger partial charge in [0.1, 0.15) is 5.82 Å². The molecule has 1 amide bonds. The third-order valence-electron chi connectivity index (χ3n) is 5.13. The molecule has 0 saturated carbocycles. The summed E-state index contributed by atoms with van der Waals surface area (Å²) >= 11 is 0. The standard InChI is InChI=1S/C24H17FN2O/c25-21-10-4-1-7-16(21)14-27-15-17(18-8-3-6-12-23(18)27)13-20-19-9-2-5-11-22(19)26-24(20)28/h1-13,15H,14H2,(H,26,28)/b20-13+. The van der Waals surface area contributed by atoms with Crippen LogP contribution in [0.2, 0.25) is 0 Å². The van der Waals surface area contributed by atoms with Gasteiger partial charge in [-0.2, -0.15) is 0 Å². The highest BCUT2D eigenvalue weighted by atomic mass is 19.1. The van der Waals surface area contributed by atoms with E-state index in [1.54, 1.807) is 12.1 Å². The van der Waals surface area contributed by atoms with Crippen LogP contribution in [0.15, 0.2) is 79.0 Å². The number of nitrogens with zero attached hydrogens (tertiary/aromatic N) is 1. The van der Waals surface area contributed by atoms with Crippen molar-refractivity contribution >= 4 is 34.1 Å². The lowest BCUT2D eigenvalue weighted by Crippen LogP contribution is -2.03. The Morgan fingerprint density at radius 2 is 1.68 bits per heavy atom. The molecule has 4 aromatic rings. The number of halogens is 1. The average molecular weight is 368 g/mol. The van der Waals surface area contributed by atoms with Crippen LogP contribution in [0.5, 0.6) is 0 Å². The summed E-state index contributed by atoms with van der Waals surface area (Å²) in [5.74, 6) is -0.323. The third-order valence-corrected chi connectivity index (χ3v) is 5.13. The van der Waals surface area contributed by atoms with Crippen LogP contribution in [-0.2, 0) is 11.3 Å². The first-order valence-corrected chi connectivity index (χ1v) is 9.14. The minimum atomic E-state index is -0.218. The van der Waals surface area contributed by atoms with Gasteiger partial charge in [0.25, 0.3) is 5.91 Å². The molecule has 28 heavy (non-hydrogen) atoms. The van der Waals surface area contributed by atoms with Crippen LogP contribution < -0.4 is 5.32 Å². The zero-order chi connectivity index (χ0) is 19.1. The maximum atomic E-state index is 14.1. The Labute approximate surface area is 161 Å². The number of hydrogen-bond donors (Lipinski definition) is 1. The Bertz CT molecular complexity index is 1250.